The normalized spacial score (nSPS) is 11.2. The van der Waals surface area contributed by atoms with E-state index in [0.717, 1.165) is 22.6 Å². The maximum atomic E-state index is 11.0. The third-order valence-electron chi connectivity index (χ3n) is 3.26. The van der Waals surface area contributed by atoms with Gasteiger partial charge in [0.25, 0.3) is 0 Å². The van der Waals surface area contributed by atoms with Gasteiger partial charge in [-0.25, -0.2) is 0 Å². The maximum Gasteiger partial charge on any atom is 0.317 e. The van der Waals surface area contributed by atoms with E-state index in [1.807, 2.05) is 6.92 Å². The zero-order chi connectivity index (χ0) is 18.7. The fourth-order valence-electron chi connectivity index (χ4n) is 2.40. The topological polar surface area (TPSA) is 156 Å². The SMILES string of the molecule is CCCCCC(N(CC(=O)O)CC(=O)O)N(CC(=O)O)CC(=O)O. The standard InChI is InChI=1S/C14H24N2O8/c1-2-3-4-5-10(15(6-11(17)18)7-12(19)20)16(8-13(21)22)9-14(23)24/h10H,2-9H2,1H3,(H,17,18)(H,19,20)(H,21,22)(H,23,24). The van der Waals surface area contributed by atoms with Gasteiger partial charge in [-0.15, -0.1) is 0 Å². The van der Waals surface area contributed by atoms with Crippen LogP contribution in [0.5, 0.6) is 0 Å². The Morgan fingerprint density at radius 2 is 1.04 bits per heavy atom. The number of aliphatic carboxylic acids is 4. The molecular weight excluding hydrogens is 324 g/mol. The van der Waals surface area contributed by atoms with Crippen LogP contribution in [0, 0.1) is 0 Å². The van der Waals surface area contributed by atoms with E-state index < -0.39 is 56.2 Å². The summed E-state index contributed by atoms with van der Waals surface area (Å²) in [5, 5.41) is 35.9. The third kappa shape index (κ3) is 9.74. The highest BCUT2D eigenvalue weighted by Gasteiger charge is 2.30. The minimum atomic E-state index is -1.28. The monoisotopic (exact) mass is 348 g/mol. The second-order valence-electron chi connectivity index (χ2n) is 5.36. The second-order valence-corrected chi connectivity index (χ2v) is 5.36. The van der Waals surface area contributed by atoms with E-state index in [4.69, 9.17) is 20.4 Å². The summed E-state index contributed by atoms with van der Waals surface area (Å²) in [6, 6.07) is 0. The van der Waals surface area contributed by atoms with Crippen molar-refractivity contribution in [2.75, 3.05) is 26.2 Å². The van der Waals surface area contributed by atoms with Crippen LogP contribution in [0.4, 0.5) is 0 Å². The first-order chi connectivity index (χ1) is 11.2. The van der Waals surface area contributed by atoms with Crippen molar-refractivity contribution in [3.63, 3.8) is 0 Å². The highest BCUT2D eigenvalue weighted by atomic mass is 16.4. The Bertz CT molecular complexity index is 386. The summed E-state index contributed by atoms with van der Waals surface area (Å²) in [5.41, 5.74) is 0. The van der Waals surface area contributed by atoms with Crippen molar-refractivity contribution >= 4 is 23.9 Å². The zero-order valence-electron chi connectivity index (χ0n) is 13.6. The Morgan fingerprint density at radius 3 is 1.29 bits per heavy atom. The molecule has 138 valence electrons. The van der Waals surface area contributed by atoms with Crippen LogP contribution in [-0.4, -0.2) is 86.4 Å². The fourth-order valence-corrected chi connectivity index (χ4v) is 2.40. The molecule has 0 saturated heterocycles. The molecule has 0 amide bonds. The predicted octanol–water partition coefficient (Wildman–Crippen LogP) is -0.165. The number of hydrogen-bond acceptors (Lipinski definition) is 6. The Hall–Kier alpha value is -2.20. The highest BCUT2D eigenvalue weighted by Crippen LogP contribution is 2.15. The van der Waals surface area contributed by atoms with Gasteiger partial charge in [-0.3, -0.25) is 29.0 Å². The number of unbranched alkanes of at least 4 members (excludes halogenated alkanes) is 2. The summed E-state index contributed by atoms with van der Waals surface area (Å²) in [5.74, 6) is -5.10. The Labute approximate surface area is 139 Å². The largest absolute Gasteiger partial charge is 0.480 e. The smallest absolute Gasteiger partial charge is 0.317 e. The lowest BCUT2D eigenvalue weighted by molar-refractivity contribution is -0.148. The van der Waals surface area contributed by atoms with Crippen molar-refractivity contribution in [1.29, 1.82) is 0 Å². The van der Waals surface area contributed by atoms with E-state index >= 15 is 0 Å². The molecule has 0 bridgehead atoms. The molecule has 0 aliphatic heterocycles. The van der Waals surface area contributed by atoms with Crippen molar-refractivity contribution in [3.05, 3.63) is 0 Å². The van der Waals surface area contributed by atoms with Gasteiger partial charge < -0.3 is 20.4 Å². The van der Waals surface area contributed by atoms with E-state index in [1.54, 1.807) is 0 Å². The summed E-state index contributed by atoms with van der Waals surface area (Å²) < 4.78 is 0. The quantitative estimate of drug-likeness (QED) is 0.245. The molecule has 0 aliphatic carbocycles. The first kappa shape index (κ1) is 21.8. The molecule has 0 atom stereocenters. The molecule has 0 radical (unpaired) electrons. The van der Waals surface area contributed by atoms with Crippen molar-refractivity contribution < 1.29 is 39.6 Å². The number of carboxylic acids is 4. The van der Waals surface area contributed by atoms with Gasteiger partial charge in [0.15, 0.2) is 0 Å². The van der Waals surface area contributed by atoms with Crippen LogP contribution < -0.4 is 0 Å². The summed E-state index contributed by atoms with van der Waals surface area (Å²) in [4.78, 5) is 46.2. The van der Waals surface area contributed by atoms with Gasteiger partial charge in [-0.2, -0.15) is 0 Å². The molecular formula is C14H24N2O8. The van der Waals surface area contributed by atoms with E-state index in [-0.39, 0.29) is 6.42 Å². The molecule has 0 heterocycles. The van der Waals surface area contributed by atoms with Gasteiger partial charge in [0.2, 0.25) is 0 Å². The number of hydrogen-bond donors (Lipinski definition) is 4. The summed E-state index contributed by atoms with van der Waals surface area (Å²) >= 11 is 0. The van der Waals surface area contributed by atoms with E-state index in [2.05, 4.69) is 0 Å². The van der Waals surface area contributed by atoms with Crippen LogP contribution in [0.3, 0.4) is 0 Å². The molecule has 0 rings (SSSR count). The first-order valence-electron chi connectivity index (χ1n) is 7.52. The van der Waals surface area contributed by atoms with Crippen molar-refractivity contribution in [2.45, 2.75) is 38.8 Å². The molecule has 0 saturated carbocycles. The summed E-state index contributed by atoms with van der Waals surface area (Å²) in [6.07, 6.45) is 1.58. The van der Waals surface area contributed by atoms with E-state index in [0.29, 0.717) is 6.42 Å². The van der Waals surface area contributed by atoms with Crippen molar-refractivity contribution in [2.24, 2.45) is 0 Å². The van der Waals surface area contributed by atoms with Crippen LogP contribution >= 0.6 is 0 Å². The molecule has 24 heavy (non-hydrogen) atoms. The Balaban J connectivity index is 5.48. The zero-order valence-corrected chi connectivity index (χ0v) is 13.6. The van der Waals surface area contributed by atoms with Gasteiger partial charge in [-0.1, -0.05) is 26.2 Å². The minimum absolute atomic E-state index is 0.273. The fraction of sp³-hybridized carbons (Fsp3) is 0.714. The number of rotatable bonds is 14. The Kier molecular flexibility index (Phi) is 10.3. The highest BCUT2D eigenvalue weighted by molar-refractivity contribution is 5.74. The molecule has 0 spiro atoms. The number of carbonyl (C=O) groups is 4. The van der Waals surface area contributed by atoms with Gasteiger partial charge in [-0.05, 0) is 6.42 Å². The molecule has 0 aromatic rings. The predicted molar refractivity (Wildman–Crippen MR) is 81.6 cm³/mol. The molecule has 0 unspecified atom stereocenters. The van der Waals surface area contributed by atoms with Gasteiger partial charge in [0, 0.05) is 0 Å². The van der Waals surface area contributed by atoms with Gasteiger partial charge in [0.1, 0.15) is 0 Å². The molecule has 0 fully saturated rings. The van der Waals surface area contributed by atoms with Gasteiger partial charge in [0.05, 0.1) is 32.3 Å². The average molecular weight is 348 g/mol. The van der Waals surface area contributed by atoms with Crippen LogP contribution in [-0.2, 0) is 19.2 Å². The minimum Gasteiger partial charge on any atom is -0.480 e. The molecule has 0 aromatic carbocycles. The second kappa shape index (κ2) is 11.4. The summed E-state index contributed by atoms with van der Waals surface area (Å²) in [7, 11) is 0. The lowest BCUT2D eigenvalue weighted by Gasteiger charge is -2.37. The maximum absolute atomic E-state index is 11.0. The molecule has 0 aliphatic rings. The third-order valence-corrected chi connectivity index (χ3v) is 3.26. The van der Waals surface area contributed by atoms with Crippen LogP contribution in [0.25, 0.3) is 0 Å². The lowest BCUT2D eigenvalue weighted by Crippen LogP contribution is -2.54. The van der Waals surface area contributed by atoms with Crippen LogP contribution in [0.1, 0.15) is 32.6 Å². The Morgan fingerprint density at radius 1 is 0.708 bits per heavy atom. The van der Waals surface area contributed by atoms with E-state index in [9.17, 15) is 19.2 Å². The van der Waals surface area contributed by atoms with Crippen LogP contribution in [0.2, 0.25) is 0 Å². The number of nitrogens with zero attached hydrogens (tertiary/aromatic N) is 2. The van der Waals surface area contributed by atoms with Crippen molar-refractivity contribution in [3.8, 4) is 0 Å². The summed E-state index contributed by atoms with van der Waals surface area (Å²) in [6.45, 7) is -0.567. The molecule has 10 heteroatoms. The van der Waals surface area contributed by atoms with E-state index in [1.165, 1.54) is 0 Å². The molecule has 4 N–H and O–H groups in total. The molecule has 10 nitrogen and oxygen atoms in total. The lowest BCUT2D eigenvalue weighted by atomic mass is 10.1. The number of carboxylic acid groups (broad SMARTS) is 4. The van der Waals surface area contributed by atoms with Crippen molar-refractivity contribution in [1.82, 2.24) is 9.80 Å². The van der Waals surface area contributed by atoms with Crippen LogP contribution in [0.15, 0.2) is 0 Å². The average Bonchev–Trinajstić information content (AvgIpc) is 2.40. The van der Waals surface area contributed by atoms with Gasteiger partial charge >= 0.3 is 23.9 Å². The first-order valence-corrected chi connectivity index (χ1v) is 7.52. The molecule has 0 aromatic heterocycles.